The zero-order chi connectivity index (χ0) is 15.8. The molecule has 0 N–H and O–H groups in total. The molecule has 0 aliphatic carbocycles. The predicted octanol–water partition coefficient (Wildman–Crippen LogP) is 2.73. The molecule has 0 aliphatic heterocycles. The Bertz CT molecular complexity index is 672. The highest BCUT2D eigenvalue weighted by atomic mass is 19.4. The first-order valence-corrected chi connectivity index (χ1v) is 5.96. The molecule has 0 bridgehead atoms. The third-order valence-corrected chi connectivity index (χ3v) is 2.87. The van der Waals surface area contributed by atoms with Crippen LogP contribution in [0.4, 0.5) is 19.0 Å². The zero-order valence-electron chi connectivity index (χ0n) is 11.9. The number of anilines is 1. The number of ether oxygens (including phenoxy) is 2. The maximum atomic E-state index is 13.0. The molecule has 0 radical (unpaired) electrons. The summed E-state index contributed by atoms with van der Waals surface area (Å²) in [5.74, 6) is -0.605. The van der Waals surface area contributed by atoms with Crippen LogP contribution in [-0.4, -0.2) is 38.3 Å². The molecule has 0 saturated carbocycles. The minimum absolute atomic E-state index is 0.0582. The molecule has 1 aromatic heterocycles. The number of halogens is 3. The van der Waals surface area contributed by atoms with Crippen molar-refractivity contribution in [2.24, 2.45) is 0 Å². The summed E-state index contributed by atoms with van der Waals surface area (Å²) in [4.78, 5) is 8.69. The lowest BCUT2D eigenvalue weighted by Crippen LogP contribution is -2.17. The van der Waals surface area contributed by atoms with E-state index in [1.807, 2.05) is 0 Å². The smallest absolute Gasteiger partial charge is 0.451 e. The molecule has 2 aromatic rings. The summed E-state index contributed by atoms with van der Waals surface area (Å²) in [7, 11) is 5.97. The Kier molecular flexibility index (Phi) is 3.80. The first-order chi connectivity index (χ1) is 9.79. The highest BCUT2D eigenvalue weighted by molar-refractivity contribution is 5.95. The van der Waals surface area contributed by atoms with Crippen molar-refractivity contribution < 1.29 is 22.6 Å². The lowest BCUT2D eigenvalue weighted by Gasteiger charge is -2.18. The van der Waals surface area contributed by atoms with E-state index in [2.05, 4.69) is 9.97 Å². The Labute approximate surface area is 119 Å². The number of aromatic nitrogens is 2. The van der Waals surface area contributed by atoms with Gasteiger partial charge in [-0.3, -0.25) is 0 Å². The van der Waals surface area contributed by atoms with Gasteiger partial charge in [-0.1, -0.05) is 0 Å². The van der Waals surface area contributed by atoms with E-state index in [0.717, 1.165) is 0 Å². The highest BCUT2D eigenvalue weighted by Gasteiger charge is 2.36. The summed E-state index contributed by atoms with van der Waals surface area (Å²) in [5, 5.41) is 0.450. The van der Waals surface area contributed by atoms with Gasteiger partial charge in [0.25, 0.3) is 0 Å². The van der Waals surface area contributed by atoms with Crippen LogP contribution in [0.3, 0.4) is 0 Å². The summed E-state index contributed by atoms with van der Waals surface area (Å²) in [6.07, 6.45) is -4.65. The second-order valence-electron chi connectivity index (χ2n) is 4.46. The van der Waals surface area contributed by atoms with E-state index in [-0.39, 0.29) is 17.1 Å². The molecule has 0 atom stereocenters. The minimum Gasteiger partial charge on any atom is -0.493 e. The van der Waals surface area contributed by atoms with Gasteiger partial charge in [0, 0.05) is 19.5 Å². The minimum atomic E-state index is -4.65. The number of nitrogens with zero attached hydrogens (tertiary/aromatic N) is 3. The Morgan fingerprint density at radius 1 is 1.05 bits per heavy atom. The van der Waals surface area contributed by atoms with Gasteiger partial charge in [-0.25, -0.2) is 9.97 Å². The van der Waals surface area contributed by atoms with E-state index in [1.54, 1.807) is 26.2 Å². The van der Waals surface area contributed by atoms with Gasteiger partial charge in [-0.2, -0.15) is 13.2 Å². The molecular formula is C13H14F3N3O2. The van der Waals surface area contributed by atoms with Crippen molar-refractivity contribution in [2.45, 2.75) is 6.18 Å². The van der Waals surface area contributed by atoms with Crippen LogP contribution < -0.4 is 14.4 Å². The highest BCUT2D eigenvalue weighted by Crippen LogP contribution is 2.39. The van der Waals surface area contributed by atoms with E-state index in [9.17, 15) is 13.2 Å². The molecular weight excluding hydrogens is 287 g/mol. The normalized spacial score (nSPS) is 11.6. The van der Waals surface area contributed by atoms with Crippen LogP contribution in [0.15, 0.2) is 12.1 Å². The van der Waals surface area contributed by atoms with E-state index in [4.69, 9.17) is 9.47 Å². The second kappa shape index (κ2) is 5.27. The molecule has 21 heavy (non-hydrogen) atoms. The fraction of sp³-hybridized carbons (Fsp3) is 0.385. The first-order valence-electron chi connectivity index (χ1n) is 5.96. The number of methoxy groups -OCH3 is 2. The van der Waals surface area contributed by atoms with Gasteiger partial charge in [0.15, 0.2) is 11.5 Å². The first kappa shape index (κ1) is 15.1. The van der Waals surface area contributed by atoms with Gasteiger partial charge < -0.3 is 14.4 Å². The molecule has 1 heterocycles. The molecule has 2 rings (SSSR count). The molecule has 0 aliphatic rings. The average Bonchev–Trinajstić information content (AvgIpc) is 2.43. The van der Waals surface area contributed by atoms with Crippen molar-refractivity contribution in [2.75, 3.05) is 33.2 Å². The van der Waals surface area contributed by atoms with Crippen molar-refractivity contribution in [3.63, 3.8) is 0 Å². The van der Waals surface area contributed by atoms with Gasteiger partial charge in [0.05, 0.1) is 14.2 Å². The Balaban J connectivity index is 2.89. The number of benzene rings is 1. The van der Waals surface area contributed by atoms with Crippen LogP contribution >= 0.6 is 0 Å². The molecule has 5 nitrogen and oxygen atoms in total. The number of fused-ring (bicyclic) bond motifs is 1. The van der Waals surface area contributed by atoms with E-state index in [0.29, 0.717) is 11.1 Å². The second-order valence-corrected chi connectivity index (χ2v) is 4.46. The Morgan fingerprint density at radius 3 is 2.19 bits per heavy atom. The Morgan fingerprint density at radius 2 is 1.71 bits per heavy atom. The summed E-state index contributed by atoms with van der Waals surface area (Å²) < 4.78 is 49.1. The SMILES string of the molecule is COc1ccc2c(N(C)C)nc(C(F)(F)F)nc2c1OC. The van der Waals surface area contributed by atoms with Gasteiger partial charge in [0.2, 0.25) is 5.82 Å². The average molecular weight is 301 g/mol. The third-order valence-electron chi connectivity index (χ3n) is 2.87. The maximum Gasteiger partial charge on any atom is 0.451 e. The summed E-state index contributed by atoms with van der Waals surface area (Å²) in [5.41, 5.74) is 0.0582. The van der Waals surface area contributed by atoms with Crippen LogP contribution in [0, 0.1) is 0 Å². The topological polar surface area (TPSA) is 47.5 Å². The van der Waals surface area contributed by atoms with Crippen LogP contribution in [0.25, 0.3) is 10.9 Å². The molecule has 0 fully saturated rings. The molecule has 8 heteroatoms. The number of hydrogen-bond donors (Lipinski definition) is 0. The number of hydrogen-bond acceptors (Lipinski definition) is 5. The summed E-state index contributed by atoms with van der Waals surface area (Å²) >= 11 is 0. The predicted molar refractivity (Wildman–Crippen MR) is 72.0 cm³/mol. The van der Waals surface area contributed by atoms with Gasteiger partial charge in [0.1, 0.15) is 11.3 Å². The monoisotopic (exact) mass is 301 g/mol. The van der Waals surface area contributed by atoms with Gasteiger partial charge >= 0.3 is 6.18 Å². The zero-order valence-corrected chi connectivity index (χ0v) is 11.9. The van der Waals surface area contributed by atoms with Crippen molar-refractivity contribution in [3.8, 4) is 11.5 Å². The van der Waals surface area contributed by atoms with Crippen LogP contribution in [0.1, 0.15) is 5.82 Å². The Hall–Kier alpha value is -2.25. The van der Waals surface area contributed by atoms with Crippen molar-refractivity contribution in [3.05, 3.63) is 18.0 Å². The fourth-order valence-corrected chi connectivity index (χ4v) is 1.96. The molecule has 0 amide bonds. The van der Waals surface area contributed by atoms with Crippen LogP contribution in [0.5, 0.6) is 11.5 Å². The van der Waals surface area contributed by atoms with Crippen LogP contribution in [0.2, 0.25) is 0 Å². The fourth-order valence-electron chi connectivity index (χ4n) is 1.96. The molecule has 0 saturated heterocycles. The van der Waals surface area contributed by atoms with E-state index < -0.39 is 12.0 Å². The number of alkyl halides is 3. The third kappa shape index (κ3) is 2.65. The summed E-state index contributed by atoms with van der Waals surface area (Å²) in [6.45, 7) is 0. The number of rotatable bonds is 3. The quantitative estimate of drug-likeness (QED) is 0.872. The lowest BCUT2D eigenvalue weighted by atomic mass is 10.2. The lowest BCUT2D eigenvalue weighted by molar-refractivity contribution is -0.144. The van der Waals surface area contributed by atoms with E-state index in [1.165, 1.54) is 19.1 Å². The largest absolute Gasteiger partial charge is 0.493 e. The van der Waals surface area contributed by atoms with Gasteiger partial charge in [-0.15, -0.1) is 0 Å². The summed E-state index contributed by atoms with van der Waals surface area (Å²) in [6, 6.07) is 3.21. The van der Waals surface area contributed by atoms with Crippen LogP contribution in [-0.2, 0) is 6.18 Å². The van der Waals surface area contributed by atoms with Crippen molar-refractivity contribution >= 4 is 16.7 Å². The molecule has 1 aromatic carbocycles. The van der Waals surface area contributed by atoms with E-state index >= 15 is 0 Å². The standard InChI is InChI=1S/C13H14F3N3O2/c1-19(2)11-7-5-6-8(20-3)10(21-4)9(7)17-12(18-11)13(14,15)16/h5-6H,1-4H3. The maximum absolute atomic E-state index is 13.0. The van der Waals surface area contributed by atoms with Gasteiger partial charge in [-0.05, 0) is 12.1 Å². The molecule has 0 spiro atoms. The molecule has 114 valence electrons. The van der Waals surface area contributed by atoms with Crippen molar-refractivity contribution in [1.29, 1.82) is 0 Å². The van der Waals surface area contributed by atoms with Crippen molar-refractivity contribution in [1.82, 2.24) is 9.97 Å². The molecule has 0 unspecified atom stereocenters.